The Kier molecular flexibility index (Phi) is 5.91. The molecule has 0 radical (unpaired) electrons. The molecule has 1 unspecified atom stereocenters. The van der Waals surface area contributed by atoms with Crippen LogP contribution >= 0.6 is 0 Å². The predicted molar refractivity (Wildman–Crippen MR) is 127 cm³/mol. The largest absolute Gasteiger partial charge is 0.379 e. The summed E-state index contributed by atoms with van der Waals surface area (Å²) in [5.41, 5.74) is 2.86. The lowest BCUT2D eigenvalue weighted by atomic mass is 10.0. The number of aromatic nitrogens is 5. The van der Waals surface area contributed by atoms with Gasteiger partial charge in [0.15, 0.2) is 5.65 Å². The zero-order valence-corrected chi connectivity index (χ0v) is 19.4. The molecule has 5 heterocycles. The standard InChI is InChI=1S/C25H27F2N7O/c26-19-3-4-21(27)20(14-19)22-2-1-7-33(22)25-6-5-24-28-16-23(34(24)30-25)18-15-29-32(17-18)9-8-31-10-12-35-13-11-31/h3-6,14-17,22H,1-2,7-13H2. The summed E-state index contributed by atoms with van der Waals surface area (Å²) in [5, 5.41) is 9.39. The fraction of sp³-hybridized carbons (Fsp3) is 0.400. The number of rotatable bonds is 6. The molecular weight excluding hydrogens is 452 g/mol. The molecule has 0 spiro atoms. The summed E-state index contributed by atoms with van der Waals surface area (Å²) in [5.74, 6) is -0.112. The van der Waals surface area contributed by atoms with E-state index >= 15 is 0 Å². The monoisotopic (exact) mass is 479 g/mol. The number of ether oxygens (including phenoxy) is 1. The Bertz CT molecular complexity index is 1330. The molecule has 0 N–H and O–H groups in total. The third-order valence-corrected chi connectivity index (χ3v) is 6.89. The quantitative estimate of drug-likeness (QED) is 0.422. The van der Waals surface area contributed by atoms with E-state index in [1.165, 1.54) is 12.1 Å². The van der Waals surface area contributed by atoms with Crippen molar-refractivity contribution in [1.82, 2.24) is 29.3 Å². The average molecular weight is 480 g/mol. The summed E-state index contributed by atoms with van der Waals surface area (Å²) in [6.07, 6.45) is 7.26. The predicted octanol–water partition coefficient (Wildman–Crippen LogP) is 3.54. The van der Waals surface area contributed by atoms with Gasteiger partial charge in [-0.25, -0.2) is 18.3 Å². The van der Waals surface area contributed by atoms with Crippen molar-refractivity contribution >= 4 is 11.5 Å². The van der Waals surface area contributed by atoms with Crippen molar-refractivity contribution in [3.63, 3.8) is 0 Å². The van der Waals surface area contributed by atoms with Gasteiger partial charge in [0.25, 0.3) is 0 Å². The van der Waals surface area contributed by atoms with Crippen LogP contribution in [-0.2, 0) is 11.3 Å². The molecule has 2 fully saturated rings. The molecule has 0 saturated carbocycles. The lowest BCUT2D eigenvalue weighted by molar-refractivity contribution is 0.0360. The molecule has 8 nitrogen and oxygen atoms in total. The number of imidazole rings is 1. The Morgan fingerprint density at radius 1 is 1.00 bits per heavy atom. The smallest absolute Gasteiger partial charge is 0.154 e. The summed E-state index contributed by atoms with van der Waals surface area (Å²) in [4.78, 5) is 8.93. The highest BCUT2D eigenvalue weighted by molar-refractivity contribution is 5.62. The second kappa shape index (κ2) is 9.35. The molecule has 2 aliphatic heterocycles. The molecule has 2 aliphatic rings. The summed E-state index contributed by atoms with van der Waals surface area (Å²) < 4.78 is 37.6. The first kappa shape index (κ1) is 22.1. The van der Waals surface area contributed by atoms with Crippen molar-refractivity contribution in [1.29, 1.82) is 0 Å². The minimum absolute atomic E-state index is 0.259. The fourth-order valence-corrected chi connectivity index (χ4v) is 5.03. The van der Waals surface area contributed by atoms with Crippen LogP contribution in [0, 0.1) is 11.6 Å². The highest BCUT2D eigenvalue weighted by atomic mass is 19.1. The van der Waals surface area contributed by atoms with Crippen LogP contribution in [-0.4, -0.2) is 68.7 Å². The van der Waals surface area contributed by atoms with Crippen LogP contribution < -0.4 is 4.90 Å². The van der Waals surface area contributed by atoms with E-state index in [1.54, 1.807) is 10.7 Å². The van der Waals surface area contributed by atoms with E-state index in [0.717, 1.165) is 81.8 Å². The van der Waals surface area contributed by atoms with E-state index in [-0.39, 0.29) is 6.04 Å². The van der Waals surface area contributed by atoms with Crippen molar-refractivity contribution < 1.29 is 13.5 Å². The van der Waals surface area contributed by atoms with Crippen LogP contribution in [0.3, 0.4) is 0 Å². The third-order valence-electron chi connectivity index (χ3n) is 6.89. The molecule has 1 aromatic carbocycles. The number of hydrogen-bond acceptors (Lipinski definition) is 6. The molecule has 0 amide bonds. The van der Waals surface area contributed by atoms with Crippen LogP contribution in [0.15, 0.2) is 48.9 Å². The van der Waals surface area contributed by atoms with Gasteiger partial charge in [-0.3, -0.25) is 9.58 Å². The maximum Gasteiger partial charge on any atom is 0.154 e. The van der Waals surface area contributed by atoms with Gasteiger partial charge in [-0.2, -0.15) is 5.10 Å². The van der Waals surface area contributed by atoms with Gasteiger partial charge < -0.3 is 9.64 Å². The number of fused-ring (bicyclic) bond motifs is 1. The molecule has 3 aromatic heterocycles. The zero-order chi connectivity index (χ0) is 23.8. The van der Waals surface area contributed by atoms with Crippen LogP contribution in [0.25, 0.3) is 16.9 Å². The molecule has 0 aliphatic carbocycles. The van der Waals surface area contributed by atoms with Gasteiger partial charge in [-0.15, -0.1) is 5.10 Å². The Morgan fingerprint density at radius 3 is 2.77 bits per heavy atom. The van der Waals surface area contributed by atoms with Crippen LogP contribution in [0.1, 0.15) is 24.4 Å². The highest BCUT2D eigenvalue weighted by Crippen LogP contribution is 2.37. The minimum atomic E-state index is -0.431. The molecule has 10 heteroatoms. The Labute approximate surface area is 201 Å². The average Bonchev–Trinajstić information content (AvgIpc) is 3.64. The van der Waals surface area contributed by atoms with Gasteiger partial charge in [-0.05, 0) is 43.2 Å². The minimum Gasteiger partial charge on any atom is -0.379 e. The lowest BCUT2D eigenvalue weighted by Crippen LogP contribution is -2.38. The molecule has 182 valence electrons. The third kappa shape index (κ3) is 4.39. The van der Waals surface area contributed by atoms with E-state index in [9.17, 15) is 8.78 Å². The molecule has 4 aromatic rings. The second-order valence-electron chi connectivity index (χ2n) is 9.07. The van der Waals surface area contributed by atoms with Gasteiger partial charge in [0.2, 0.25) is 0 Å². The molecular formula is C25H27F2N7O. The number of hydrogen-bond donors (Lipinski definition) is 0. The lowest BCUT2D eigenvalue weighted by Gasteiger charge is -2.26. The number of morpholine rings is 1. The molecule has 35 heavy (non-hydrogen) atoms. The van der Waals surface area contributed by atoms with Crippen LogP contribution in [0.4, 0.5) is 14.6 Å². The Hall–Kier alpha value is -3.37. The van der Waals surface area contributed by atoms with E-state index in [4.69, 9.17) is 9.84 Å². The van der Waals surface area contributed by atoms with Gasteiger partial charge in [0.05, 0.1) is 43.9 Å². The first-order chi connectivity index (χ1) is 17.2. The molecule has 1 atom stereocenters. The first-order valence-electron chi connectivity index (χ1n) is 12.0. The van der Waals surface area contributed by atoms with E-state index in [2.05, 4.69) is 15.0 Å². The van der Waals surface area contributed by atoms with Gasteiger partial charge in [0, 0.05) is 43.5 Å². The molecule has 2 saturated heterocycles. The normalized spacial score (nSPS) is 19.1. The van der Waals surface area contributed by atoms with E-state index in [1.807, 2.05) is 34.1 Å². The van der Waals surface area contributed by atoms with Crippen molar-refractivity contribution in [3.8, 4) is 11.3 Å². The number of benzene rings is 1. The van der Waals surface area contributed by atoms with E-state index < -0.39 is 11.6 Å². The maximum atomic E-state index is 14.5. The summed E-state index contributed by atoms with van der Waals surface area (Å²) >= 11 is 0. The fourth-order valence-electron chi connectivity index (χ4n) is 5.03. The van der Waals surface area contributed by atoms with Crippen LogP contribution in [0.5, 0.6) is 0 Å². The zero-order valence-electron chi connectivity index (χ0n) is 19.4. The Morgan fingerprint density at radius 2 is 1.89 bits per heavy atom. The van der Waals surface area contributed by atoms with Crippen molar-refractivity contribution in [3.05, 3.63) is 66.1 Å². The van der Waals surface area contributed by atoms with Gasteiger partial charge >= 0.3 is 0 Å². The molecule has 6 rings (SSSR count). The second-order valence-corrected chi connectivity index (χ2v) is 9.07. The molecule has 0 bridgehead atoms. The first-order valence-corrected chi connectivity index (χ1v) is 12.0. The van der Waals surface area contributed by atoms with Crippen LogP contribution in [0.2, 0.25) is 0 Å². The van der Waals surface area contributed by atoms with Gasteiger partial charge in [0.1, 0.15) is 17.5 Å². The van der Waals surface area contributed by atoms with Crippen molar-refractivity contribution in [2.45, 2.75) is 25.4 Å². The van der Waals surface area contributed by atoms with Crippen molar-refractivity contribution in [2.24, 2.45) is 0 Å². The Balaban J connectivity index is 1.26. The maximum absolute atomic E-state index is 14.5. The summed E-state index contributed by atoms with van der Waals surface area (Å²) in [6, 6.07) is 7.19. The summed E-state index contributed by atoms with van der Waals surface area (Å²) in [6.45, 7) is 5.91. The topological polar surface area (TPSA) is 63.7 Å². The SMILES string of the molecule is Fc1ccc(F)c(C2CCCN2c2ccc3ncc(-c4cnn(CCN5CCOCC5)c4)n3n2)c1. The summed E-state index contributed by atoms with van der Waals surface area (Å²) in [7, 11) is 0. The number of anilines is 1. The highest BCUT2D eigenvalue weighted by Gasteiger charge is 2.30. The van der Waals surface area contributed by atoms with Gasteiger partial charge in [-0.1, -0.05) is 0 Å². The number of halogens is 2. The number of nitrogens with zero attached hydrogens (tertiary/aromatic N) is 7. The van der Waals surface area contributed by atoms with E-state index in [0.29, 0.717) is 11.4 Å². The van der Waals surface area contributed by atoms with Crippen molar-refractivity contribution in [2.75, 3.05) is 44.3 Å².